The molecule has 0 unspecified atom stereocenters. The first-order valence-electron chi connectivity index (χ1n) is 9.48. The van der Waals surface area contributed by atoms with E-state index in [1.807, 2.05) is 24.3 Å². The van der Waals surface area contributed by atoms with Crippen LogP contribution >= 0.6 is 11.3 Å². The average molecular weight is 392 g/mol. The van der Waals surface area contributed by atoms with Crippen molar-refractivity contribution in [2.75, 3.05) is 5.32 Å². The van der Waals surface area contributed by atoms with E-state index in [-0.39, 0.29) is 17.9 Å². The maximum Gasteiger partial charge on any atom is 0.270 e. The van der Waals surface area contributed by atoms with E-state index >= 15 is 0 Å². The van der Waals surface area contributed by atoms with Gasteiger partial charge in [0.15, 0.2) is 0 Å². The van der Waals surface area contributed by atoms with Gasteiger partial charge in [-0.15, -0.1) is 11.3 Å². The van der Waals surface area contributed by atoms with Gasteiger partial charge in [0, 0.05) is 29.9 Å². The quantitative estimate of drug-likeness (QED) is 0.637. The number of benzene rings is 1. The van der Waals surface area contributed by atoms with Crippen LogP contribution in [0.15, 0.2) is 48.7 Å². The average Bonchev–Trinajstić information content (AvgIpc) is 3.43. The Morgan fingerprint density at radius 3 is 2.71 bits per heavy atom. The normalized spacial score (nSPS) is 23.1. The van der Waals surface area contributed by atoms with E-state index in [0.717, 1.165) is 27.9 Å². The van der Waals surface area contributed by atoms with Gasteiger partial charge < -0.3 is 16.0 Å². The third-order valence-electron chi connectivity index (χ3n) is 5.53. The van der Waals surface area contributed by atoms with Crippen LogP contribution < -0.4 is 16.0 Å². The Morgan fingerprint density at radius 1 is 1.11 bits per heavy atom. The third-order valence-corrected chi connectivity index (χ3v) is 6.53. The van der Waals surface area contributed by atoms with Gasteiger partial charge in [0.1, 0.15) is 5.69 Å². The van der Waals surface area contributed by atoms with Crippen molar-refractivity contribution in [2.45, 2.75) is 37.4 Å². The summed E-state index contributed by atoms with van der Waals surface area (Å²) in [5, 5.41) is 11.2. The van der Waals surface area contributed by atoms with Gasteiger partial charge in [0.25, 0.3) is 11.8 Å². The highest BCUT2D eigenvalue weighted by Gasteiger charge is 2.39. The molecule has 0 saturated carbocycles. The number of amides is 2. The Bertz CT molecular complexity index is 1050. The van der Waals surface area contributed by atoms with Gasteiger partial charge in [-0.3, -0.25) is 9.59 Å². The lowest BCUT2D eigenvalue weighted by molar-refractivity contribution is 0.0925. The van der Waals surface area contributed by atoms with Gasteiger partial charge >= 0.3 is 0 Å². The van der Waals surface area contributed by atoms with E-state index in [0.29, 0.717) is 23.3 Å². The summed E-state index contributed by atoms with van der Waals surface area (Å²) in [6, 6.07) is 13.9. The molecule has 2 fully saturated rings. The fourth-order valence-corrected chi connectivity index (χ4v) is 5.04. The highest BCUT2D eigenvalue weighted by molar-refractivity contribution is 7.22. The Morgan fingerprint density at radius 2 is 1.96 bits per heavy atom. The monoisotopic (exact) mass is 392 g/mol. The van der Waals surface area contributed by atoms with Crippen molar-refractivity contribution in [3.63, 3.8) is 0 Å². The summed E-state index contributed by atoms with van der Waals surface area (Å²) < 4.78 is 0.932. The summed E-state index contributed by atoms with van der Waals surface area (Å²) in [7, 11) is 0. The molecule has 0 radical (unpaired) electrons. The summed E-state index contributed by atoms with van der Waals surface area (Å²) >= 11 is 1.45. The molecule has 3 atom stereocenters. The summed E-state index contributed by atoms with van der Waals surface area (Å²) in [5.41, 5.74) is 1.02. The van der Waals surface area contributed by atoms with Crippen LogP contribution in [0.1, 0.15) is 40.1 Å². The lowest BCUT2D eigenvalue weighted by Gasteiger charge is -2.21. The maximum absolute atomic E-state index is 12.6. The van der Waals surface area contributed by atoms with E-state index < -0.39 is 0 Å². The summed E-state index contributed by atoms with van der Waals surface area (Å²) in [5.74, 6) is -0.288. The van der Waals surface area contributed by atoms with Gasteiger partial charge in [0.05, 0.1) is 9.70 Å². The van der Waals surface area contributed by atoms with Crippen LogP contribution in [-0.4, -0.2) is 34.9 Å². The number of thiophene rings is 1. The van der Waals surface area contributed by atoms with Crippen molar-refractivity contribution >= 4 is 38.2 Å². The largest absolute Gasteiger partial charge is 0.346 e. The standard InChI is InChI=1S/C21H20N4O2S/c26-20(12-4-2-1-3-5-12)25-19-9-13-8-17(22-11-18(13)28-19)21(27)24-16-10-14-6-7-15(16)23-14/h1-5,8-9,11,14-16,23H,6-7,10H2,(H,24,27)(H,25,26)/t14-,15+,16-/m1/s1. The first-order chi connectivity index (χ1) is 13.7. The Labute approximate surface area is 166 Å². The molecule has 4 heterocycles. The molecule has 142 valence electrons. The number of fused-ring (bicyclic) bond motifs is 3. The smallest absolute Gasteiger partial charge is 0.270 e. The number of carbonyl (C=O) groups is 2. The maximum atomic E-state index is 12.6. The van der Waals surface area contributed by atoms with Crippen molar-refractivity contribution in [2.24, 2.45) is 0 Å². The van der Waals surface area contributed by atoms with E-state index in [1.165, 1.54) is 17.8 Å². The molecule has 2 saturated heterocycles. The van der Waals surface area contributed by atoms with Crippen LogP contribution in [0.4, 0.5) is 5.00 Å². The third kappa shape index (κ3) is 3.27. The number of rotatable bonds is 4. The van der Waals surface area contributed by atoms with E-state index in [9.17, 15) is 9.59 Å². The number of aromatic nitrogens is 1. The lowest BCUT2D eigenvalue weighted by Crippen LogP contribution is -2.43. The van der Waals surface area contributed by atoms with Gasteiger partial charge in [-0.05, 0) is 48.9 Å². The van der Waals surface area contributed by atoms with Crippen molar-refractivity contribution < 1.29 is 9.59 Å². The van der Waals surface area contributed by atoms with Crippen molar-refractivity contribution in [3.8, 4) is 0 Å². The minimum Gasteiger partial charge on any atom is -0.346 e. The topological polar surface area (TPSA) is 83.1 Å². The molecule has 0 aliphatic carbocycles. The highest BCUT2D eigenvalue weighted by Crippen LogP contribution is 2.31. The molecule has 5 rings (SSSR count). The molecule has 2 aliphatic heterocycles. The zero-order chi connectivity index (χ0) is 19.1. The van der Waals surface area contributed by atoms with Crippen LogP contribution in [0.25, 0.3) is 10.1 Å². The zero-order valence-electron chi connectivity index (χ0n) is 15.1. The van der Waals surface area contributed by atoms with Crippen LogP contribution in [0.2, 0.25) is 0 Å². The number of hydrogen-bond donors (Lipinski definition) is 3. The molecule has 2 amide bonds. The molecule has 2 bridgehead atoms. The molecule has 3 N–H and O–H groups in total. The molecule has 2 aromatic heterocycles. The Hall–Kier alpha value is -2.77. The lowest BCUT2D eigenvalue weighted by atomic mass is 9.95. The van der Waals surface area contributed by atoms with Crippen LogP contribution in [0, 0.1) is 0 Å². The minimum absolute atomic E-state index is 0.137. The fourth-order valence-electron chi connectivity index (χ4n) is 4.13. The molecule has 1 aromatic carbocycles. The van der Waals surface area contributed by atoms with Crippen molar-refractivity contribution in [1.82, 2.24) is 15.6 Å². The summed E-state index contributed by atoms with van der Waals surface area (Å²) in [6.07, 6.45) is 5.02. The first-order valence-corrected chi connectivity index (χ1v) is 10.3. The molecular weight excluding hydrogens is 372 g/mol. The molecule has 6 nitrogen and oxygen atoms in total. The minimum atomic E-state index is -0.151. The predicted octanol–water partition coefficient (Wildman–Crippen LogP) is 3.17. The second-order valence-corrected chi connectivity index (χ2v) is 8.49. The molecular formula is C21H20N4O2S. The highest BCUT2D eigenvalue weighted by atomic mass is 32.1. The van der Waals surface area contributed by atoms with Gasteiger partial charge in [-0.1, -0.05) is 18.2 Å². The molecule has 3 aromatic rings. The Kier molecular flexibility index (Phi) is 4.33. The van der Waals surface area contributed by atoms with Gasteiger partial charge in [0.2, 0.25) is 0 Å². The van der Waals surface area contributed by atoms with Crippen molar-refractivity contribution in [1.29, 1.82) is 0 Å². The molecule has 28 heavy (non-hydrogen) atoms. The number of hydrogen-bond acceptors (Lipinski definition) is 5. The molecule has 7 heteroatoms. The second-order valence-electron chi connectivity index (χ2n) is 7.40. The zero-order valence-corrected chi connectivity index (χ0v) is 16.0. The number of nitrogens with one attached hydrogen (secondary N) is 3. The van der Waals surface area contributed by atoms with E-state index in [4.69, 9.17) is 0 Å². The summed E-state index contributed by atoms with van der Waals surface area (Å²) in [4.78, 5) is 29.3. The first kappa shape index (κ1) is 17.3. The number of anilines is 1. The van der Waals surface area contributed by atoms with Gasteiger partial charge in [-0.2, -0.15) is 0 Å². The number of carbonyl (C=O) groups excluding carboxylic acids is 2. The number of nitrogens with zero attached hydrogens (tertiary/aromatic N) is 1. The number of pyridine rings is 1. The SMILES string of the molecule is O=C(Nc1cc2cc(C(=O)N[C@@H]3C[C@H]4CC[C@@H]3N4)ncc2s1)c1ccccc1. The second kappa shape index (κ2) is 7.00. The van der Waals surface area contributed by atoms with E-state index in [1.54, 1.807) is 24.4 Å². The molecule has 2 aliphatic rings. The predicted molar refractivity (Wildman–Crippen MR) is 110 cm³/mol. The van der Waals surface area contributed by atoms with Crippen LogP contribution in [0.3, 0.4) is 0 Å². The van der Waals surface area contributed by atoms with Crippen molar-refractivity contribution in [3.05, 3.63) is 59.9 Å². The fraction of sp³-hybridized carbons (Fsp3) is 0.286. The van der Waals surface area contributed by atoms with Crippen LogP contribution in [0.5, 0.6) is 0 Å². The van der Waals surface area contributed by atoms with Gasteiger partial charge in [-0.25, -0.2) is 4.98 Å². The van der Waals surface area contributed by atoms with Crippen LogP contribution in [-0.2, 0) is 0 Å². The Balaban J connectivity index is 1.31. The van der Waals surface area contributed by atoms with E-state index in [2.05, 4.69) is 20.9 Å². The summed E-state index contributed by atoms with van der Waals surface area (Å²) in [6.45, 7) is 0. The molecule has 0 spiro atoms.